The number of fused-ring (bicyclic) bond motifs is 7. The summed E-state index contributed by atoms with van der Waals surface area (Å²) < 4.78 is 2.49. The van der Waals surface area contributed by atoms with Crippen molar-refractivity contribution in [1.29, 1.82) is 0 Å². The Morgan fingerprint density at radius 3 is 1.65 bits per heavy atom. The van der Waals surface area contributed by atoms with E-state index in [0.717, 1.165) is 27.8 Å². The highest BCUT2D eigenvalue weighted by Crippen LogP contribution is 2.57. The molecule has 60 heavy (non-hydrogen) atoms. The van der Waals surface area contributed by atoms with E-state index in [4.69, 9.17) is 15.0 Å². The lowest BCUT2D eigenvalue weighted by Crippen LogP contribution is -2.28. The van der Waals surface area contributed by atoms with E-state index < -0.39 is 5.41 Å². The van der Waals surface area contributed by atoms with Crippen molar-refractivity contribution in [3.05, 3.63) is 235 Å². The topological polar surface area (TPSA) is 38.7 Å². The van der Waals surface area contributed by atoms with Crippen LogP contribution < -0.4 is 0 Å². The predicted octanol–water partition coefficient (Wildman–Crippen LogP) is 14.4. The molecule has 0 bridgehead atoms. The third-order valence-corrected chi connectivity index (χ3v) is 13.3. The van der Waals surface area contributed by atoms with Crippen molar-refractivity contribution in [3.63, 3.8) is 0 Å². The monoisotopic (exact) mass is 781 g/mol. The lowest BCUT2D eigenvalue weighted by Gasteiger charge is -2.34. The summed E-state index contributed by atoms with van der Waals surface area (Å²) in [5.41, 5.74) is 12.3. The highest BCUT2D eigenvalue weighted by molar-refractivity contribution is 7.25. The molecule has 12 rings (SSSR count). The number of benzene rings is 9. The van der Waals surface area contributed by atoms with E-state index in [2.05, 4.69) is 194 Å². The highest BCUT2D eigenvalue weighted by Gasteiger charge is 2.46. The molecule has 0 unspecified atom stereocenters. The number of nitrogens with zero attached hydrogens (tertiary/aromatic N) is 3. The molecule has 0 N–H and O–H groups in total. The van der Waals surface area contributed by atoms with Crippen LogP contribution in [0.1, 0.15) is 22.3 Å². The molecule has 0 saturated carbocycles. The van der Waals surface area contributed by atoms with Gasteiger partial charge in [0.1, 0.15) is 0 Å². The summed E-state index contributed by atoms with van der Waals surface area (Å²) in [6, 6.07) is 76.5. The van der Waals surface area contributed by atoms with Crippen molar-refractivity contribution in [2.24, 2.45) is 0 Å². The molecule has 0 saturated heterocycles. The maximum absolute atomic E-state index is 5.20. The fourth-order valence-electron chi connectivity index (χ4n) is 9.51. The van der Waals surface area contributed by atoms with Crippen LogP contribution in [0.5, 0.6) is 0 Å². The number of rotatable bonds is 6. The molecule has 0 aliphatic heterocycles. The summed E-state index contributed by atoms with van der Waals surface area (Å²) in [4.78, 5) is 15.4. The Hall–Kier alpha value is -7.53. The Balaban J connectivity index is 1.04. The molecule has 2 heterocycles. The molecule has 2 aromatic heterocycles. The minimum Gasteiger partial charge on any atom is -0.208 e. The van der Waals surface area contributed by atoms with Crippen LogP contribution in [-0.2, 0) is 5.41 Å². The number of hydrogen-bond acceptors (Lipinski definition) is 4. The van der Waals surface area contributed by atoms with Crippen LogP contribution in [0, 0.1) is 0 Å². The molecule has 11 aromatic rings. The van der Waals surface area contributed by atoms with Crippen LogP contribution in [0.25, 0.3) is 87.4 Å². The largest absolute Gasteiger partial charge is 0.208 e. The van der Waals surface area contributed by atoms with E-state index in [0.29, 0.717) is 17.5 Å². The lowest BCUT2D eigenvalue weighted by molar-refractivity contribution is 0.769. The van der Waals surface area contributed by atoms with E-state index in [1.165, 1.54) is 64.3 Å². The second kappa shape index (κ2) is 13.8. The van der Waals surface area contributed by atoms with Crippen molar-refractivity contribution >= 4 is 42.3 Å². The van der Waals surface area contributed by atoms with Gasteiger partial charge in [-0.05, 0) is 85.6 Å². The molecule has 0 radical (unpaired) electrons. The van der Waals surface area contributed by atoms with E-state index in [1.54, 1.807) is 11.3 Å². The van der Waals surface area contributed by atoms with Crippen molar-refractivity contribution in [1.82, 2.24) is 15.0 Å². The predicted molar refractivity (Wildman–Crippen MR) is 249 cm³/mol. The molecule has 1 aliphatic rings. The molecular formula is C56H35N3S. The summed E-state index contributed by atoms with van der Waals surface area (Å²) in [5.74, 6) is 1.94. The third kappa shape index (κ3) is 5.38. The van der Waals surface area contributed by atoms with Crippen molar-refractivity contribution in [3.8, 4) is 56.4 Å². The first kappa shape index (κ1) is 34.5. The van der Waals surface area contributed by atoms with E-state index >= 15 is 0 Å². The van der Waals surface area contributed by atoms with Gasteiger partial charge in [0.15, 0.2) is 17.5 Å². The molecule has 4 heteroatoms. The fraction of sp³-hybridized carbons (Fsp3) is 0.0179. The van der Waals surface area contributed by atoms with E-state index in [9.17, 15) is 0 Å². The Bertz CT molecular complexity index is 3390. The lowest BCUT2D eigenvalue weighted by atomic mass is 9.67. The minimum atomic E-state index is -0.481. The standard InChI is InChI=1S/C56H35N3S/c1-4-16-36(17-5-1)53-57-54(59-55(58-53)40-30-31-46-45-26-11-13-29-51(45)60-52(46)34-40)39-20-14-18-37(32-39)43-27-15-19-38-33-48-44-25-10-12-28-49(44)56(50(48)35-47(38)43,41-21-6-2-7-22-41)42-23-8-3-9-24-42/h1-35H. The van der Waals surface area contributed by atoms with Gasteiger partial charge >= 0.3 is 0 Å². The maximum atomic E-state index is 5.20. The van der Waals surface area contributed by atoms with Crippen molar-refractivity contribution < 1.29 is 0 Å². The van der Waals surface area contributed by atoms with Crippen LogP contribution in [0.15, 0.2) is 212 Å². The van der Waals surface area contributed by atoms with Crippen LogP contribution in [0.2, 0.25) is 0 Å². The fourth-order valence-corrected chi connectivity index (χ4v) is 10.7. The van der Waals surface area contributed by atoms with Gasteiger partial charge in [0.05, 0.1) is 5.41 Å². The molecule has 280 valence electrons. The van der Waals surface area contributed by atoms with Crippen molar-refractivity contribution in [2.45, 2.75) is 5.41 Å². The van der Waals surface area contributed by atoms with Crippen LogP contribution in [0.4, 0.5) is 0 Å². The van der Waals surface area contributed by atoms with Gasteiger partial charge in [0, 0.05) is 36.9 Å². The first-order valence-corrected chi connectivity index (χ1v) is 21.2. The first-order chi connectivity index (χ1) is 29.7. The molecular weight excluding hydrogens is 747 g/mol. The second-order valence-electron chi connectivity index (χ2n) is 15.5. The quantitative estimate of drug-likeness (QED) is 0.169. The van der Waals surface area contributed by atoms with Gasteiger partial charge in [0.25, 0.3) is 0 Å². The Morgan fingerprint density at radius 2 is 0.883 bits per heavy atom. The van der Waals surface area contributed by atoms with E-state index in [1.807, 2.05) is 18.2 Å². The molecule has 3 nitrogen and oxygen atoms in total. The number of hydrogen-bond donors (Lipinski definition) is 0. The van der Waals surface area contributed by atoms with Gasteiger partial charge in [-0.1, -0.05) is 182 Å². The van der Waals surface area contributed by atoms with Gasteiger partial charge in [-0.3, -0.25) is 0 Å². The smallest absolute Gasteiger partial charge is 0.164 e. The SMILES string of the molecule is c1ccc(-c2nc(-c3cccc(-c4cccc5cc6c(cc45)C(c4ccccc4)(c4ccccc4)c4ccccc4-6)c3)nc(-c3ccc4c(c3)sc3ccccc34)n2)cc1. The van der Waals surface area contributed by atoms with Crippen LogP contribution in [-0.4, -0.2) is 15.0 Å². The van der Waals surface area contributed by atoms with E-state index in [-0.39, 0.29) is 0 Å². The van der Waals surface area contributed by atoms with Gasteiger partial charge in [-0.15, -0.1) is 11.3 Å². The average molecular weight is 782 g/mol. The van der Waals surface area contributed by atoms with Crippen molar-refractivity contribution in [2.75, 3.05) is 0 Å². The second-order valence-corrected chi connectivity index (χ2v) is 16.6. The van der Waals surface area contributed by atoms with Gasteiger partial charge < -0.3 is 0 Å². The molecule has 0 fully saturated rings. The number of aromatic nitrogens is 3. The highest BCUT2D eigenvalue weighted by atomic mass is 32.1. The maximum Gasteiger partial charge on any atom is 0.164 e. The average Bonchev–Trinajstić information content (AvgIpc) is 3.84. The summed E-state index contributed by atoms with van der Waals surface area (Å²) in [7, 11) is 0. The van der Waals surface area contributed by atoms with Crippen LogP contribution >= 0.6 is 11.3 Å². The molecule has 0 amide bonds. The Labute approximate surface area is 352 Å². The summed E-state index contributed by atoms with van der Waals surface area (Å²) >= 11 is 1.80. The molecule has 9 aromatic carbocycles. The molecule has 1 aliphatic carbocycles. The normalized spacial score (nSPS) is 12.8. The Morgan fingerprint density at radius 1 is 0.317 bits per heavy atom. The summed E-state index contributed by atoms with van der Waals surface area (Å²) in [6.45, 7) is 0. The zero-order chi connectivity index (χ0) is 39.6. The first-order valence-electron chi connectivity index (χ1n) is 20.3. The zero-order valence-corrected chi connectivity index (χ0v) is 33.3. The minimum absolute atomic E-state index is 0.481. The Kier molecular flexibility index (Phi) is 7.94. The van der Waals surface area contributed by atoms with Gasteiger partial charge in [-0.2, -0.15) is 0 Å². The third-order valence-electron chi connectivity index (χ3n) is 12.2. The number of thiophene rings is 1. The van der Waals surface area contributed by atoms with Gasteiger partial charge in [0.2, 0.25) is 0 Å². The zero-order valence-electron chi connectivity index (χ0n) is 32.5. The summed E-state index contributed by atoms with van der Waals surface area (Å²) in [6.07, 6.45) is 0. The van der Waals surface area contributed by atoms with Gasteiger partial charge in [-0.25, -0.2) is 15.0 Å². The molecule has 0 spiro atoms. The summed E-state index contributed by atoms with van der Waals surface area (Å²) in [5, 5.41) is 4.93. The molecule has 0 atom stereocenters. The van der Waals surface area contributed by atoms with Crippen LogP contribution in [0.3, 0.4) is 0 Å².